The van der Waals surface area contributed by atoms with Gasteiger partial charge in [0.2, 0.25) is 0 Å². The van der Waals surface area contributed by atoms with E-state index in [9.17, 15) is 4.79 Å². The number of piperazine rings is 1. The molecule has 0 unspecified atom stereocenters. The van der Waals surface area contributed by atoms with Crippen LogP contribution in [0, 0.1) is 6.92 Å². The highest BCUT2D eigenvalue weighted by Gasteiger charge is 2.25. The normalized spacial score (nSPS) is 14.2. The fourth-order valence-electron chi connectivity index (χ4n) is 3.72. The Balaban J connectivity index is 1.48. The van der Waals surface area contributed by atoms with Crippen molar-refractivity contribution in [3.8, 4) is 17.0 Å². The van der Waals surface area contributed by atoms with Crippen molar-refractivity contribution < 1.29 is 9.53 Å². The minimum atomic E-state index is -0.0299. The van der Waals surface area contributed by atoms with Crippen LogP contribution >= 0.6 is 0 Å². The second-order valence-electron chi connectivity index (χ2n) is 7.19. The van der Waals surface area contributed by atoms with Gasteiger partial charge in [-0.05, 0) is 48.9 Å². The number of amides is 1. The van der Waals surface area contributed by atoms with Gasteiger partial charge in [-0.1, -0.05) is 6.07 Å². The van der Waals surface area contributed by atoms with Gasteiger partial charge in [0.05, 0.1) is 12.8 Å². The first kappa shape index (κ1) is 19.0. The molecule has 0 bridgehead atoms. The maximum atomic E-state index is 13.0. The second kappa shape index (κ2) is 7.95. The molecule has 150 valence electrons. The van der Waals surface area contributed by atoms with Crippen LogP contribution in [0.15, 0.2) is 48.7 Å². The molecule has 7 heteroatoms. The lowest BCUT2D eigenvalue weighted by Crippen LogP contribution is -2.49. The van der Waals surface area contributed by atoms with Crippen LogP contribution in [0.25, 0.3) is 11.3 Å². The Bertz CT molecular complexity index is 1010. The largest absolute Gasteiger partial charge is 0.496 e. The number of rotatable bonds is 4. The van der Waals surface area contributed by atoms with Crippen LogP contribution in [0.4, 0.5) is 5.82 Å². The lowest BCUT2D eigenvalue weighted by Gasteiger charge is -2.35. The highest BCUT2D eigenvalue weighted by Crippen LogP contribution is 2.27. The molecule has 2 aromatic heterocycles. The molecule has 0 spiro atoms. The Kier molecular flexibility index (Phi) is 5.20. The fourth-order valence-corrected chi connectivity index (χ4v) is 3.72. The van der Waals surface area contributed by atoms with Gasteiger partial charge >= 0.3 is 0 Å². The first-order chi connectivity index (χ1) is 14.1. The van der Waals surface area contributed by atoms with Gasteiger partial charge in [-0.25, -0.2) is 4.98 Å². The van der Waals surface area contributed by atoms with E-state index >= 15 is 0 Å². The summed E-state index contributed by atoms with van der Waals surface area (Å²) in [5.41, 5.74) is 3.44. The summed E-state index contributed by atoms with van der Waals surface area (Å²) >= 11 is 0. The SMILES string of the molecule is COc1ccc(-c2cc(C(=O)N3CCN(c4ccccn4)CC3)nn2C)cc1C. The van der Waals surface area contributed by atoms with E-state index in [0.29, 0.717) is 18.8 Å². The summed E-state index contributed by atoms with van der Waals surface area (Å²) in [6.07, 6.45) is 1.79. The first-order valence-electron chi connectivity index (χ1n) is 9.71. The monoisotopic (exact) mass is 391 g/mol. The van der Waals surface area contributed by atoms with Crippen molar-refractivity contribution in [2.45, 2.75) is 6.92 Å². The molecule has 1 aliphatic heterocycles. The number of anilines is 1. The molecule has 0 aliphatic carbocycles. The third-order valence-electron chi connectivity index (χ3n) is 5.33. The number of aryl methyl sites for hydroxylation is 2. The predicted octanol–water partition coefficient (Wildman–Crippen LogP) is 2.76. The molecule has 1 saturated heterocycles. The van der Waals surface area contributed by atoms with Gasteiger partial charge in [0.1, 0.15) is 11.6 Å². The van der Waals surface area contributed by atoms with Gasteiger partial charge in [0, 0.05) is 45.0 Å². The second-order valence-corrected chi connectivity index (χ2v) is 7.19. The van der Waals surface area contributed by atoms with Crippen molar-refractivity contribution in [1.82, 2.24) is 19.7 Å². The van der Waals surface area contributed by atoms with Crippen LogP contribution in [-0.2, 0) is 7.05 Å². The van der Waals surface area contributed by atoms with Crippen molar-refractivity contribution in [1.29, 1.82) is 0 Å². The molecule has 1 amide bonds. The number of carbonyl (C=O) groups excluding carboxylic acids is 1. The molecule has 7 nitrogen and oxygen atoms in total. The van der Waals surface area contributed by atoms with Crippen LogP contribution < -0.4 is 9.64 Å². The number of ether oxygens (including phenoxy) is 1. The summed E-state index contributed by atoms with van der Waals surface area (Å²) in [6.45, 7) is 4.85. The van der Waals surface area contributed by atoms with Crippen molar-refractivity contribution in [3.63, 3.8) is 0 Å². The van der Waals surface area contributed by atoms with E-state index in [1.54, 1.807) is 18.0 Å². The molecule has 29 heavy (non-hydrogen) atoms. The van der Waals surface area contributed by atoms with Gasteiger partial charge in [-0.15, -0.1) is 0 Å². The average molecular weight is 391 g/mol. The molecule has 0 atom stereocenters. The molecule has 3 aromatic rings. The first-order valence-corrected chi connectivity index (χ1v) is 9.71. The highest BCUT2D eigenvalue weighted by atomic mass is 16.5. The van der Waals surface area contributed by atoms with Crippen LogP contribution in [0.3, 0.4) is 0 Å². The van der Waals surface area contributed by atoms with Crippen LogP contribution in [-0.4, -0.2) is 58.9 Å². The van der Waals surface area contributed by atoms with E-state index in [0.717, 1.165) is 41.5 Å². The molecule has 1 aliphatic rings. The molecule has 0 radical (unpaired) electrons. The van der Waals surface area contributed by atoms with Crippen molar-refractivity contribution in [2.75, 3.05) is 38.2 Å². The van der Waals surface area contributed by atoms with Gasteiger partial charge in [-0.2, -0.15) is 5.10 Å². The minimum Gasteiger partial charge on any atom is -0.496 e. The topological polar surface area (TPSA) is 63.5 Å². The lowest BCUT2D eigenvalue weighted by molar-refractivity contribution is 0.0740. The summed E-state index contributed by atoms with van der Waals surface area (Å²) in [6, 6.07) is 13.7. The zero-order valence-electron chi connectivity index (χ0n) is 17.0. The van der Waals surface area contributed by atoms with E-state index in [-0.39, 0.29) is 5.91 Å². The number of hydrogen-bond acceptors (Lipinski definition) is 5. The zero-order valence-corrected chi connectivity index (χ0v) is 17.0. The quantitative estimate of drug-likeness (QED) is 0.684. The van der Waals surface area contributed by atoms with Gasteiger partial charge in [-0.3, -0.25) is 9.48 Å². The third kappa shape index (κ3) is 3.81. The van der Waals surface area contributed by atoms with Crippen molar-refractivity contribution in [3.05, 3.63) is 59.9 Å². The maximum Gasteiger partial charge on any atom is 0.274 e. The minimum absolute atomic E-state index is 0.0299. The van der Waals surface area contributed by atoms with Gasteiger partial charge < -0.3 is 14.5 Å². The summed E-state index contributed by atoms with van der Waals surface area (Å²) in [5.74, 6) is 1.77. The average Bonchev–Trinajstić information content (AvgIpc) is 3.15. The number of carbonyl (C=O) groups is 1. The number of aromatic nitrogens is 3. The number of pyridine rings is 1. The van der Waals surface area contributed by atoms with Crippen LogP contribution in [0.1, 0.15) is 16.1 Å². The van der Waals surface area contributed by atoms with Crippen LogP contribution in [0.2, 0.25) is 0 Å². The number of methoxy groups -OCH3 is 1. The number of nitrogens with zero attached hydrogens (tertiary/aromatic N) is 5. The molecular weight excluding hydrogens is 366 g/mol. The molecule has 0 N–H and O–H groups in total. The van der Waals surface area contributed by atoms with E-state index < -0.39 is 0 Å². The van der Waals surface area contributed by atoms with E-state index in [1.165, 1.54) is 0 Å². The molecule has 0 saturated carbocycles. The highest BCUT2D eigenvalue weighted by molar-refractivity contribution is 5.93. The molecule has 1 aromatic carbocycles. The van der Waals surface area contributed by atoms with E-state index in [4.69, 9.17) is 4.74 Å². The summed E-state index contributed by atoms with van der Waals surface area (Å²) < 4.78 is 7.10. The van der Waals surface area contributed by atoms with E-state index in [1.807, 2.05) is 55.3 Å². The Morgan fingerprint density at radius 1 is 1.07 bits per heavy atom. The Morgan fingerprint density at radius 2 is 1.86 bits per heavy atom. The van der Waals surface area contributed by atoms with Gasteiger partial charge in [0.15, 0.2) is 5.69 Å². The lowest BCUT2D eigenvalue weighted by atomic mass is 10.1. The summed E-state index contributed by atoms with van der Waals surface area (Å²) in [7, 11) is 3.53. The Labute approximate surface area is 170 Å². The third-order valence-corrected chi connectivity index (χ3v) is 5.33. The number of benzene rings is 1. The summed E-state index contributed by atoms with van der Waals surface area (Å²) in [5, 5.41) is 4.48. The Morgan fingerprint density at radius 3 is 2.52 bits per heavy atom. The smallest absolute Gasteiger partial charge is 0.274 e. The standard InChI is InChI=1S/C22H25N5O2/c1-16-14-17(7-8-20(16)29-3)19-15-18(24-25(19)2)22(28)27-12-10-26(11-13-27)21-6-4-5-9-23-21/h4-9,14-15H,10-13H2,1-3H3. The summed E-state index contributed by atoms with van der Waals surface area (Å²) in [4.78, 5) is 21.5. The molecule has 3 heterocycles. The van der Waals surface area contributed by atoms with Crippen molar-refractivity contribution >= 4 is 11.7 Å². The van der Waals surface area contributed by atoms with E-state index in [2.05, 4.69) is 21.0 Å². The maximum absolute atomic E-state index is 13.0. The fraction of sp³-hybridized carbons (Fsp3) is 0.318. The zero-order chi connectivity index (χ0) is 20.4. The molecule has 4 rings (SSSR count). The molecular formula is C22H25N5O2. The van der Waals surface area contributed by atoms with Crippen molar-refractivity contribution in [2.24, 2.45) is 7.05 Å². The predicted molar refractivity (Wildman–Crippen MR) is 112 cm³/mol. The van der Waals surface area contributed by atoms with Gasteiger partial charge in [0.25, 0.3) is 5.91 Å². The Hall–Kier alpha value is -3.35. The molecule has 1 fully saturated rings. The number of hydrogen-bond donors (Lipinski definition) is 0. The van der Waals surface area contributed by atoms with Crippen LogP contribution in [0.5, 0.6) is 5.75 Å².